The van der Waals surface area contributed by atoms with Crippen LogP contribution in [0.1, 0.15) is 35.0 Å². The van der Waals surface area contributed by atoms with Crippen molar-refractivity contribution in [2.45, 2.75) is 18.8 Å². The molecule has 2 fully saturated rings. The van der Waals surface area contributed by atoms with Crippen molar-refractivity contribution in [3.63, 3.8) is 0 Å². The zero-order chi connectivity index (χ0) is 22.6. The van der Waals surface area contributed by atoms with Crippen molar-refractivity contribution in [1.29, 1.82) is 0 Å². The van der Waals surface area contributed by atoms with Crippen LogP contribution in [0.3, 0.4) is 0 Å². The fourth-order valence-corrected chi connectivity index (χ4v) is 3.81. The van der Waals surface area contributed by atoms with Crippen LogP contribution in [-0.4, -0.2) is 54.5 Å². The quantitative estimate of drug-likeness (QED) is 0.574. The van der Waals surface area contributed by atoms with E-state index in [1.54, 1.807) is 24.3 Å². The Kier molecular flexibility index (Phi) is 6.19. The highest BCUT2D eigenvalue weighted by molar-refractivity contribution is 6.04. The first-order chi connectivity index (χ1) is 16.2. The molecule has 8 heteroatoms. The Morgan fingerprint density at radius 1 is 0.939 bits per heavy atom. The highest BCUT2D eigenvalue weighted by Gasteiger charge is 2.34. The number of oxazole rings is 1. The molecule has 0 unspecified atom stereocenters. The Bertz CT molecular complexity index is 1120. The molecule has 5 rings (SSSR count). The molecule has 1 aromatic heterocycles. The van der Waals surface area contributed by atoms with E-state index < -0.39 is 0 Å². The van der Waals surface area contributed by atoms with Gasteiger partial charge in [0, 0.05) is 35.9 Å². The Labute approximate surface area is 191 Å². The minimum Gasteiger partial charge on any atom is -0.440 e. The zero-order valence-electron chi connectivity index (χ0n) is 18.3. The molecule has 3 aromatic rings. The maximum absolute atomic E-state index is 13.0. The second kappa shape index (κ2) is 9.56. The molecule has 2 N–H and O–H groups in total. The number of carbonyl (C=O) groups excluding carboxylic acids is 2. The number of aromatic nitrogens is 1. The van der Waals surface area contributed by atoms with Gasteiger partial charge >= 0.3 is 0 Å². The van der Waals surface area contributed by atoms with Crippen molar-refractivity contribution in [1.82, 2.24) is 9.88 Å². The summed E-state index contributed by atoms with van der Waals surface area (Å²) in [4.78, 5) is 31.8. The minimum absolute atomic E-state index is 0.0706. The maximum Gasteiger partial charge on any atom is 0.277 e. The summed E-state index contributed by atoms with van der Waals surface area (Å²) >= 11 is 0. The van der Waals surface area contributed by atoms with E-state index in [2.05, 4.69) is 20.5 Å². The van der Waals surface area contributed by atoms with Crippen LogP contribution in [0.15, 0.2) is 59.0 Å². The average Bonchev–Trinajstić information content (AvgIpc) is 3.59. The van der Waals surface area contributed by atoms with Crippen molar-refractivity contribution in [3.8, 4) is 11.5 Å². The average molecular weight is 447 g/mol. The Morgan fingerprint density at radius 2 is 1.61 bits per heavy atom. The predicted molar refractivity (Wildman–Crippen MR) is 124 cm³/mol. The third-order valence-corrected chi connectivity index (χ3v) is 5.73. The van der Waals surface area contributed by atoms with Gasteiger partial charge in [-0.2, -0.15) is 0 Å². The van der Waals surface area contributed by atoms with Crippen molar-refractivity contribution in [2.24, 2.45) is 0 Å². The monoisotopic (exact) mass is 446 g/mol. The number of anilines is 2. The van der Waals surface area contributed by atoms with Crippen LogP contribution < -0.4 is 10.6 Å². The second-order valence-electron chi connectivity index (χ2n) is 8.34. The van der Waals surface area contributed by atoms with Crippen molar-refractivity contribution >= 4 is 23.2 Å². The normalized spacial score (nSPS) is 16.4. The van der Waals surface area contributed by atoms with Gasteiger partial charge in [-0.3, -0.25) is 14.5 Å². The van der Waals surface area contributed by atoms with E-state index >= 15 is 0 Å². The number of rotatable bonds is 7. The number of nitrogens with zero attached hydrogens (tertiary/aromatic N) is 2. The first-order valence-corrected chi connectivity index (χ1v) is 11.2. The standard InChI is InChI=1S/C25H26N4O4/c30-21(16-29-12-14-32-15-13-29)26-19-8-10-20(11-9-19)27-24(31)22-23(17-6-7-17)33-25(28-22)18-4-2-1-3-5-18/h1-5,8-11,17H,6-7,12-16H2,(H,26,30)(H,27,31). The molecule has 1 aliphatic heterocycles. The Hall–Kier alpha value is -3.49. The highest BCUT2D eigenvalue weighted by Crippen LogP contribution is 2.43. The van der Waals surface area contributed by atoms with E-state index in [0.717, 1.165) is 31.5 Å². The topological polar surface area (TPSA) is 96.7 Å². The number of amides is 2. The van der Waals surface area contributed by atoms with Crippen molar-refractivity contribution in [2.75, 3.05) is 43.5 Å². The maximum atomic E-state index is 13.0. The van der Waals surface area contributed by atoms with Crippen molar-refractivity contribution < 1.29 is 18.7 Å². The number of ether oxygens (including phenoxy) is 1. The molecule has 2 aliphatic rings. The molecule has 2 aromatic carbocycles. The lowest BCUT2D eigenvalue weighted by atomic mass is 10.2. The number of morpholine rings is 1. The molecule has 1 saturated heterocycles. The fraction of sp³-hybridized carbons (Fsp3) is 0.320. The van der Waals surface area contributed by atoms with E-state index in [0.29, 0.717) is 48.5 Å². The SMILES string of the molecule is O=C(CN1CCOCC1)Nc1ccc(NC(=O)c2nc(-c3ccccc3)oc2C2CC2)cc1. The van der Waals surface area contributed by atoms with Crippen LogP contribution in [0.2, 0.25) is 0 Å². The number of hydrogen-bond donors (Lipinski definition) is 2. The summed E-state index contributed by atoms with van der Waals surface area (Å²) in [6, 6.07) is 16.6. The van der Waals surface area contributed by atoms with Gasteiger partial charge < -0.3 is 19.8 Å². The molecule has 2 amide bonds. The summed E-state index contributed by atoms with van der Waals surface area (Å²) in [5, 5.41) is 5.79. The van der Waals surface area contributed by atoms with Gasteiger partial charge in [0.1, 0.15) is 5.76 Å². The molecular weight excluding hydrogens is 420 g/mol. The lowest BCUT2D eigenvalue weighted by Crippen LogP contribution is -2.41. The Balaban J connectivity index is 1.23. The molecule has 170 valence electrons. The van der Waals surface area contributed by atoms with Gasteiger partial charge in [0.15, 0.2) is 5.69 Å². The molecule has 0 radical (unpaired) electrons. The highest BCUT2D eigenvalue weighted by atomic mass is 16.5. The first kappa shape index (κ1) is 21.4. The van der Waals surface area contributed by atoms with Gasteiger partial charge in [0.25, 0.3) is 5.91 Å². The number of carbonyl (C=O) groups is 2. The summed E-state index contributed by atoms with van der Waals surface area (Å²) in [7, 11) is 0. The molecule has 0 spiro atoms. The summed E-state index contributed by atoms with van der Waals surface area (Å²) in [6.45, 7) is 3.16. The summed E-state index contributed by atoms with van der Waals surface area (Å²) < 4.78 is 11.3. The summed E-state index contributed by atoms with van der Waals surface area (Å²) in [5.74, 6) is 0.991. The zero-order valence-corrected chi connectivity index (χ0v) is 18.3. The largest absolute Gasteiger partial charge is 0.440 e. The van der Waals surface area contributed by atoms with Crippen LogP contribution in [0.5, 0.6) is 0 Å². The van der Waals surface area contributed by atoms with Crippen LogP contribution in [0.25, 0.3) is 11.5 Å². The van der Waals surface area contributed by atoms with Crippen LogP contribution in [0.4, 0.5) is 11.4 Å². The fourth-order valence-electron chi connectivity index (χ4n) is 3.81. The van der Waals surface area contributed by atoms with E-state index in [9.17, 15) is 9.59 Å². The van der Waals surface area contributed by atoms with Gasteiger partial charge in [0.2, 0.25) is 11.8 Å². The molecule has 2 heterocycles. The van der Waals surface area contributed by atoms with Gasteiger partial charge in [0.05, 0.1) is 19.8 Å². The van der Waals surface area contributed by atoms with Gasteiger partial charge in [-0.25, -0.2) is 4.98 Å². The van der Waals surface area contributed by atoms with Gasteiger partial charge in [-0.1, -0.05) is 18.2 Å². The van der Waals surface area contributed by atoms with E-state index in [-0.39, 0.29) is 17.7 Å². The van der Waals surface area contributed by atoms with Crippen LogP contribution >= 0.6 is 0 Å². The summed E-state index contributed by atoms with van der Waals surface area (Å²) in [5.41, 5.74) is 2.48. The van der Waals surface area contributed by atoms with Crippen molar-refractivity contribution in [3.05, 3.63) is 66.1 Å². The predicted octanol–water partition coefficient (Wildman–Crippen LogP) is 3.74. The third-order valence-electron chi connectivity index (χ3n) is 5.73. The number of hydrogen-bond acceptors (Lipinski definition) is 6. The Morgan fingerprint density at radius 3 is 2.27 bits per heavy atom. The summed E-state index contributed by atoms with van der Waals surface area (Å²) in [6.07, 6.45) is 2.01. The van der Waals surface area contributed by atoms with E-state index in [1.807, 2.05) is 30.3 Å². The first-order valence-electron chi connectivity index (χ1n) is 11.2. The van der Waals surface area contributed by atoms with Gasteiger partial charge in [-0.05, 0) is 49.2 Å². The minimum atomic E-state index is -0.299. The van der Waals surface area contributed by atoms with Crippen LogP contribution in [0, 0.1) is 0 Å². The number of benzene rings is 2. The molecule has 8 nitrogen and oxygen atoms in total. The second-order valence-corrected chi connectivity index (χ2v) is 8.34. The molecule has 33 heavy (non-hydrogen) atoms. The lowest BCUT2D eigenvalue weighted by molar-refractivity contribution is -0.118. The molecular formula is C25H26N4O4. The van der Waals surface area contributed by atoms with Gasteiger partial charge in [-0.15, -0.1) is 0 Å². The molecule has 1 aliphatic carbocycles. The molecule has 1 saturated carbocycles. The smallest absolute Gasteiger partial charge is 0.277 e. The van der Waals surface area contributed by atoms with Crippen LogP contribution in [-0.2, 0) is 9.53 Å². The third kappa shape index (κ3) is 5.30. The lowest BCUT2D eigenvalue weighted by Gasteiger charge is -2.25. The molecule has 0 atom stereocenters. The van der Waals surface area contributed by atoms with E-state index in [1.165, 1.54) is 0 Å². The number of nitrogens with one attached hydrogen (secondary N) is 2. The van der Waals surface area contributed by atoms with E-state index in [4.69, 9.17) is 9.15 Å². The molecule has 0 bridgehead atoms.